The maximum absolute atomic E-state index is 13.0. The number of rotatable bonds is 4. The number of piperidine rings is 1. The number of hydrogen-bond acceptors (Lipinski definition) is 4. The molecule has 2 aliphatic rings. The minimum Gasteiger partial charge on any atom is -0.497 e. The van der Waals surface area contributed by atoms with Gasteiger partial charge in [0.1, 0.15) is 5.75 Å². The molecule has 2 aromatic carbocycles. The van der Waals surface area contributed by atoms with Crippen LogP contribution in [0.25, 0.3) is 0 Å². The maximum Gasteiger partial charge on any atom is 0.317 e. The van der Waals surface area contributed by atoms with Gasteiger partial charge in [0.05, 0.1) is 12.0 Å². The Bertz CT molecular complexity index is 1010. The summed E-state index contributed by atoms with van der Waals surface area (Å²) in [6.45, 7) is 1.99. The molecule has 0 aliphatic carbocycles. The topological polar surface area (TPSA) is 79.0 Å². The summed E-state index contributed by atoms with van der Waals surface area (Å²) in [6, 6.07) is 14.2. The SMILES string of the molecule is COc1ccc(S(=O)(=O)N2CCCC(NC(=O)N3CCc4ccccc4C3)C2)cc1. The van der Waals surface area contributed by atoms with Gasteiger partial charge in [-0.2, -0.15) is 4.31 Å². The van der Waals surface area contributed by atoms with Crippen molar-refractivity contribution in [1.82, 2.24) is 14.5 Å². The lowest BCUT2D eigenvalue weighted by molar-refractivity contribution is 0.181. The van der Waals surface area contributed by atoms with Crippen molar-refractivity contribution in [3.63, 3.8) is 0 Å². The molecule has 4 rings (SSSR count). The summed E-state index contributed by atoms with van der Waals surface area (Å²) >= 11 is 0. The third-order valence-corrected chi connectivity index (χ3v) is 7.71. The maximum atomic E-state index is 13.0. The molecule has 8 heteroatoms. The molecule has 2 heterocycles. The van der Waals surface area contributed by atoms with Gasteiger partial charge in [-0.05, 0) is 54.7 Å². The molecular weight excluding hydrogens is 402 g/mol. The van der Waals surface area contributed by atoms with E-state index in [0.717, 1.165) is 12.8 Å². The van der Waals surface area contributed by atoms with Crippen LogP contribution in [0.4, 0.5) is 4.79 Å². The molecule has 2 aliphatic heterocycles. The predicted octanol–water partition coefficient (Wildman–Crippen LogP) is 2.62. The Labute approximate surface area is 177 Å². The van der Waals surface area contributed by atoms with E-state index in [9.17, 15) is 13.2 Å². The van der Waals surface area contributed by atoms with Crippen LogP contribution >= 0.6 is 0 Å². The summed E-state index contributed by atoms with van der Waals surface area (Å²) in [5, 5.41) is 3.05. The highest BCUT2D eigenvalue weighted by atomic mass is 32.2. The minimum atomic E-state index is -3.61. The van der Waals surface area contributed by atoms with Crippen LogP contribution in [0.2, 0.25) is 0 Å². The van der Waals surface area contributed by atoms with Crippen LogP contribution in [0, 0.1) is 0 Å². The third-order valence-electron chi connectivity index (χ3n) is 5.83. The Kier molecular flexibility index (Phi) is 5.97. The van der Waals surface area contributed by atoms with Crippen LogP contribution < -0.4 is 10.1 Å². The van der Waals surface area contributed by atoms with Crippen molar-refractivity contribution in [2.45, 2.75) is 36.7 Å². The van der Waals surface area contributed by atoms with Crippen molar-refractivity contribution in [3.8, 4) is 5.75 Å². The summed E-state index contributed by atoms with van der Waals surface area (Å²) in [6.07, 6.45) is 2.32. The molecule has 2 amide bonds. The largest absolute Gasteiger partial charge is 0.497 e. The molecule has 2 aromatic rings. The van der Waals surface area contributed by atoms with E-state index in [1.54, 1.807) is 36.3 Å². The summed E-state index contributed by atoms with van der Waals surface area (Å²) < 4.78 is 32.6. The molecule has 0 aromatic heterocycles. The zero-order valence-corrected chi connectivity index (χ0v) is 17.9. The quantitative estimate of drug-likeness (QED) is 0.810. The first-order valence-corrected chi connectivity index (χ1v) is 11.7. The molecule has 7 nitrogen and oxygen atoms in total. The van der Waals surface area contributed by atoms with E-state index in [1.807, 2.05) is 12.1 Å². The average molecular weight is 430 g/mol. The highest BCUT2D eigenvalue weighted by molar-refractivity contribution is 7.89. The number of benzene rings is 2. The standard InChI is InChI=1S/C22H27N3O4S/c1-29-20-8-10-21(11-9-20)30(27,28)25-13-4-7-19(16-25)23-22(26)24-14-12-17-5-2-3-6-18(17)15-24/h2-3,5-6,8-11,19H,4,7,12-16H2,1H3,(H,23,26). The molecule has 0 bridgehead atoms. The van der Waals surface area contributed by atoms with Crippen molar-refractivity contribution in [2.24, 2.45) is 0 Å². The number of sulfonamides is 1. The zero-order valence-electron chi connectivity index (χ0n) is 17.1. The summed E-state index contributed by atoms with van der Waals surface area (Å²) in [4.78, 5) is 14.8. The fourth-order valence-electron chi connectivity index (χ4n) is 4.11. The van der Waals surface area contributed by atoms with Gasteiger partial charge >= 0.3 is 6.03 Å². The molecule has 0 radical (unpaired) electrons. The Morgan fingerprint density at radius 1 is 1.07 bits per heavy atom. The molecule has 1 unspecified atom stereocenters. The zero-order chi connectivity index (χ0) is 21.1. The average Bonchev–Trinajstić information content (AvgIpc) is 2.79. The van der Waals surface area contributed by atoms with Gasteiger partial charge in [-0.3, -0.25) is 0 Å². The number of nitrogens with one attached hydrogen (secondary N) is 1. The number of carbonyl (C=O) groups is 1. The number of fused-ring (bicyclic) bond motifs is 1. The molecule has 1 N–H and O–H groups in total. The smallest absolute Gasteiger partial charge is 0.317 e. The Morgan fingerprint density at radius 3 is 2.53 bits per heavy atom. The number of ether oxygens (including phenoxy) is 1. The van der Waals surface area contributed by atoms with Crippen LogP contribution in [-0.2, 0) is 23.0 Å². The van der Waals surface area contributed by atoms with Crippen LogP contribution in [0.3, 0.4) is 0 Å². The number of amides is 2. The Balaban J connectivity index is 1.39. The summed E-state index contributed by atoms with van der Waals surface area (Å²) in [7, 11) is -2.06. The highest BCUT2D eigenvalue weighted by Crippen LogP contribution is 2.23. The minimum absolute atomic E-state index is 0.127. The van der Waals surface area contributed by atoms with E-state index in [2.05, 4.69) is 17.4 Å². The number of hydrogen-bond donors (Lipinski definition) is 1. The predicted molar refractivity (Wildman–Crippen MR) is 114 cm³/mol. The number of carbonyl (C=O) groups excluding carboxylic acids is 1. The lowest BCUT2D eigenvalue weighted by Crippen LogP contribution is -2.53. The molecule has 0 saturated carbocycles. The molecule has 0 spiro atoms. The first kappa shape index (κ1) is 20.7. The molecule has 30 heavy (non-hydrogen) atoms. The monoisotopic (exact) mass is 429 g/mol. The molecule has 160 valence electrons. The van der Waals surface area contributed by atoms with Crippen LogP contribution in [0.5, 0.6) is 5.75 Å². The first-order valence-electron chi connectivity index (χ1n) is 10.2. The number of nitrogens with zero attached hydrogens (tertiary/aromatic N) is 2. The molecule has 1 saturated heterocycles. The van der Waals surface area contributed by atoms with E-state index >= 15 is 0 Å². The van der Waals surface area contributed by atoms with Crippen LogP contribution in [0.15, 0.2) is 53.4 Å². The first-order chi connectivity index (χ1) is 14.5. The van der Waals surface area contributed by atoms with Crippen molar-refractivity contribution in [1.29, 1.82) is 0 Å². The highest BCUT2D eigenvalue weighted by Gasteiger charge is 2.32. The van der Waals surface area contributed by atoms with Crippen molar-refractivity contribution in [3.05, 3.63) is 59.7 Å². The van der Waals surface area contributed by atoms with Crippen LogP contribution in [-0.4, -0.2) is 56.4 Å². The van der Waals surface area contributed by atoms with Gasteiger partial charge in [0.2, 0.25) is 10.0 Å². The van der Waals surface area contributed by atoms with Gasteiger partial charge in [-0.15, -0.1) is 0 Å². The second-order valence-corrected chi connectivity index (χ2v) is 9.71. The van der Waals surface area contributed by atoms with Gasteiger partial charge < -0.3 is 15.0 Å². The fraction of sp³-hybridized carbons (Fsp3) is 0.409. The van der Waals surface area contributed by atoms with E-state index in [-0.39, 0.29) is 23.5 Å². The van der Waals surface area contributed by atoms with Gasteiger partial charge in [-0.1, -0.05) is 24.3 Å². The Hall–Kier alpha value is -2.58. The van der Waals surface area contributed by atoms with Gasteiger partial charge in [0.25, 0.3) is 0 Å². The lowest BCUT2D eigenvalue weighted by Gasteiger charge is -2.35. The van der Waals surface area contributed by atoms with E-state index in [0.29, 0.717) is 31.8 Å². The van der Waals surface area contributed by atoms with Gasteiger partial charge in [0, 0.05) is 32.2 Å². The summed E-state index contributed by atoms with van der Waals surface area (Å²) in [5.74, 6) is 0.612. The van der Waals surface area contributed by atoms with Gasteiger partial charge in [0.15, 0.2) is 0 Å². The number of methoxy groups -OCH3 is 1. The van der Waals surface area contributed by atoms with Crippen molar-refractivity contribution >= 4 is 16.1 Å². The van der Waals surface area contributed by atoms with Gasteiger partial charge in [-0.25, -0.2) is 13.2 Å². The van der Waals surface area contributed by atoms with E-state index in [1.165, 1.54) is 15.4 Å². The normalized spacial score (nSPS) is 19.8. The van der Waals surface area contributed by atoms with Crippen LogP contribution in [0.1, 0.15) is 24.0 Å². The number of urea groups is 1. The molecule has 1 fully saturated rings. The van der Waals surface area contributed by atoms with E-state index < -0.39 is 10.0 Å². The van der Waals surface area contributed by atoms with Crippen molar-refractivity contribution in [2.75, 3.05) is 26.7 Å². The second-order valence-electron chi connectivity index (χ2n) is 7.77. The molecule has 1 atom stereocenters. The lowest BCUT2D eigenvalue weighted by atomic mass is 10.0. The Morgan fingerprint density at radius 2 is 1.80 bits per heavy atom. The second kappa shape index (κ2) is 8.65. The van der Waals surface area contributed by atoms with Crippen molar-refractivity contribution < 1.29 is 17.9 Å². The third kappa shape index (κ3) is 4.29. The molecular formula is C22H27N3O4S. The summed E-state index contributed by atoms with van der Waals surface area (Å²) in [5.41, 5.74) is 2.46. The van der Waals surface area contributed by atoms with E-state index in [4.69, 9.17) is 4.74 Å². The fourth-order valence-corrected chi connectivity index (χ4v) is 5.63.